The van der Waals surface area contributed by atoms with Crippen molar-refractivity contribution in [1.29, 1.82) is 0 Å². The molecule has 1 aliphatic carbocycles. The molecule has 0 spiro atoms. The fourth-order valence-electron chi connectivity index (χ4n) is 3.36. The van der Waals surface area contributed by atoms with Crippen molar-refractivity contribution in [3.63, 3.8) is 0 Å². The van der Waals surface area contributed by atoms with Gasteiger partial charge in [-0.3, -0.25) is 0 Å². The van der Waals surface area contributed by atoms with Crippen molar-refractivity contribution in [3.05, 3.63) is 29.1 Å². The van der Waals surface area contributed by atoms with E-state index in [2.05, 4.69) is 19.9 Å². The van der Waals surface area contributed by atoms with Crippen molar-refractivity contribution >= 4 is 0 Å². The van der Waals surface area contributed by atoms with Crippen LogP contribution in [0.15, 0.2) is 12.1 Å². The Balaban J connectivity index is 2.57. The van der Waals surface area contributed by atoms with E-state index >= 15 is 0 Å². The molecule has 20 heavy (non-hydrogen) atoms. The minimum absolute atomic E-state index is 0.116. The van der Waals surface area contributed by atoms with Crippen LogP contribution in [0.25, 0.3) is 0 Å². The van der Waals surface area contributed by atoms with Crippen LogP contribution in [-0.4, -0.2) is 13.7 Å². The van der Waals surface area contributed by atoms with Gasteiger partial charge in [0.2, 0.25) is 0 Å². The molecule has 0 heterocycles. The number of halogens is 1. The van der Waals surface area contributed by atoms with E-state index in [1.807, 2.05) is 0 Å². The van der Waals surface area contributed by atoms with Gasteiger partial charge >= 0.3 is 0 Å². The van der Waals surface area contributed by atoms with Crippen LogP contribution in [0.3, 0.4) is 0 Å². The predicted octanol–water partition coefficient (Wildman–Crippen LogP) is 4.12. The largest absolute Gasteiger partial charge is 0.493 e. The first kappa shape index (κ1) is 15.3. The highest BCUT2D eigenvalue weighted by atomic mass is 19.1. The average molecular weight is 279 g/mol. The van der Waals surface area contributed by atoms with E-state index < -0.39 is 0 Å². The van der Waals surface area contributed by atoms with Gasteiger partial charge in [-0.1, -0.05) is 39.2 Å². The molecule has 1 fully saturated rings. The molecule has 2 N–H and O–H groups in total. The van der Waals surface area contributed by atoms with Crippen molar-refractivity contribution in [2.45, 2.75) is 57.3 Å². The number of hydrogen-bond donors (Lipinski definition) is 1. The van der Waals surface area contributed by atoms with E-state index in [1.54, 1.807) is 13.2 Å². The number of benzene rings is 1. The summed E-state index contributed by atoms with van der Waals surface area (Å²) in [5.41, 5.74) is 7.98. The third-order valence-electron chi connectivity index (χ3n) is 4.71. The monoisotopic (exact) mass is 279 g/mol. The molecule has 0 unspecified atom stereocenters. The molecule has 1 aliphatic rings. The number of ether oxygens (including phenoxy) is 1. The lowest BCUT2D eigenvalue weighted by atomic mass is 9.68. The molecule has 0 aliphatic heterocycles. The van der Waals surface area contributed by atoms with Crippen LogP contribution in [0.5, 0.6) is 5.75 Å². The van der Waals surface area contributed by atoms with Crippen molar-refractivity contribution in [2.24, 2.45) is 5.73 Å². The van der Waals surface area contributed by atoms with Crippen molar-refractivity contribution in [1.82, 2.24) is 0 Å². The second kappa shape index (κ2) is 6.13. The first-order valence-corrected chi connectivity index (χ1v) is 7.62. The summed E-state index contributed by atoms with van der Waals surface area (Å²) >= 11 is 0. The summed E-state index contributed by atoms with van der Waals surface area (Å²) < 4.78 is 19.7. The standard InChI is InChI=1S/C17H26FNO/c1-12(2)13-9-14(16(20-3)15(18)10-13)17(11-19)7-5-4-6-8-17/h9-10,12H,4-8,11,19H2,1-3H3. The van der Waals surface area contributed by atoms with Gasteiger partial charge in [-0.05, 0) is 30.4 Å². The fourth-order valence-corrected chi connectivity index (χ4v) is 3.36. The highest BCUT2D eigenvalue weighted by Gasteiger charge is 2.36. The van der Waals surface area contributed by atoms with Crippen LogP contribution in [0.4, 0.5) is 4.39 Å². The minimum Gasteiger partial charge on any atom is -0.493 e. The zero-order valence-corrected chi connectivity index (χ0v) is 12.8. The van der Waals surface area contributed by atoms with Crippen LogP contribution in [0.1, 0.15) is 63.0 Å². The van der Waals surface area contributed by atoms with Gasteiger partial charge in [-0.25, -0.2) is 4.39 Å². The van der Waals surface area contributed by atoms with Gasteiger partial charge in [0.15, 0.2) is 11.6 Å². The van der Waals surface area contributed by atoms with Crippen LogP contribution < -0.4 is 10.5 Å². The molecule has 1 saturated carbocycles. The Morgan fingerprint density at radius 3 is 2.40 bits per heavy atom. The second-order valence-electron chi connectivity index (χ2n) is 6.28. The average Bonchev–Trinajstić information content (AvgIpc) is 2.47. The van der Waals surface area contributed by atoms with Crippen molar-refractivity contribution in [3.8, 4) is 5.75 Å². The molecular formula is C17H26FNO. The summed E-state index contributed by atoms with van der Waals surface area (Å²) in [5.74, 6) is 0.432. The van der Waals surface area contributed by atoms with Crippen LogP contribution >= 0.6 is 0 Å². The van der Waals surface area contributed by atoms with Gasteiger partial charge in [-0.2, -0.15) is 0 Å². The Morgan fingerprint density at radius 2 is 1.90 bits per heavy atom. The zero-order valence-electron chi connectivity index (χ0n) is 12.8. The molecule has 1 aromatic rings. The van der Waals surface area contributed by atoms with E-state index in [-0.39, 0.29) is 11.2 Å². The molecule has 3 heteroatoms. The van der Waals surface area contributed by atoms with E-state index in [9.17, 15) is 4.39 Å². The summed E-state index contributed by atoms with van der Waals surface area (Å²) in [5, 5.41) is 0. The number of nitrogens with two attached hydrogens (primary N) is 1. The molecule has 0 atom stereocenters. The van der Waals surface area contributed by atoms with E-state index in [0.29, 0.717) is 18.2 Å². The number of methoxy groups -OCH3 is 1. The zero-order chi connectivity index (χ0) is 14.8. The molecule has 0 amide bonds. The summed E-state index contributed by atoms with van der Waals surface area (Å²) in [6, 6.07) is 3.71. The Kier molecular flexibility index (Phi) is 4.69. The van der Waals surface area contributed by atoms with E-state index in [0.717, 1.165) is 36.8 Å². The highest BCUT2D eigenvalue weighted by Crippen LogP contribution is 2.44. The van der Waals surface area contributed by atoms with Gasteiger partial charge in [0, 0.05) is 17.5 Å². The maximum Gasteiger partial charge on any atom is 0.165 e. The predicted molar refractivity (Wildman–Crippen MR) is 80.9 cm³/mol. The quantitative estimate of drug-likeness (QED) is 0.900. The lowest BCUT2D eigenvalue weighted by molar-refractivity contribution is 0.283. The molecule has 2 rings (SSSR count). The lowest BCUT2D eigenvalue weighted by Crippen LogP contribution is -2.37. The normalized spacial score (nSPS) is 18.3. The van der Waals surface area contributed by atoms with Crippen molar-refractivity contribution in [2.75, 3.05) is 13.7 Å². The second-order valence-corrected chi connectivity index (χ2v) is 6.28. The van der Waals surface area contributed by atoms with Gasteiger partial charge in [0.1, 0.15) is 0 Å². The van der Waals surface area contributed by atoms with Gasteiger partial charge < -0.3 is 10.5 Å². The van der Waals surface area contributed by atoms with Gasteiger partial charge in [0.05, 0.1) is 7.11 Å². The van der Waals surface area contributed by atoms with Crippen molar-refractivity contribution < 1.29 is 9.13 Å². The summed E-state index contributed by atoms with van der Waals surface area (Å²) in [7, 11) is 1.55. The maximum absolute atomic E-state index is 14.4. The van der Waals surface area contributed by atoms with Crippen LogP contribution in [0, 0.1) is 5.82 Å². The Hall–Kier alpha value is -1.09. The minimum atomic E-state index is -0.257. The maximum atomic E-state index is 14.4. The first-order chi connectivity index (χ1) is 9.54. The van der Waals surface area contributed by atoms with E-state index in [4.69, 9.17) is 10.5 Å². The topological polar surface area (TPSA) is 35.2 Å². The van der Waals surface area contributed by atoms with Crippen LogP contribution in [0.2, 0.25) is 0 Å². The number of hydrogen-bond acceptors (Lipinski definition) is 2. The molecule has 2 nitrogen and oxygen atoms in total. The third-order valence-corrected chi connectivity index (χ3v) is 4.71. The molecular weight excluding hydrogens is 253 g/mol. The lowest BCUT2D eigenvalue weighted by Gasteiger charge is -2.38. The molecule has 0 aromatic heterocycles. The summed E-state index contributed by atoms with van der Waals surface area (Å²) in [4.78, 5) is 0. The summed E-state index contributed by atoms with van der Waals surface area (Å²) in [6.45, 7) is 4.73. The third kappa shape index (κ3) is 2.69. The Morgan fingerprint density at radius 1 is 1.25 bits per heavy atom. The SMILES string of the molecule is COc1c(F)cc(C(C)C)cc1C1(CN)CCCCC1. The number of rotatable bonds is 4. The van der Waals surface area contributed by atoms with Crippen LogP contribution in [-0.2, 0) is 5.41 Å². The fraction of sp³-hybridized carbons (Fsp3) is 0.647. The molecule has 0 radical (unpaired) electrons. The Bertz CT molecular complexity index is 464. The smallest absolute Gasteiger partial charge is 0.165 e. The highest BCUT2D eigenvalue weighted by molar-refractivity contribution is 5.45. The molecule has 0 bridgehead atoms. The van der Waals surface area contributed by atoms with E-state index in [1.165, 1.54) is 6.42 Å². The molecule has 112 valence electrons. The Labute approximate surface area is 121 Å². The van der Waals surface area contributed by atoms with Gasteiger partial charge in [-0.15, -0.1) is 0 Å². The first-order valence-electron chi connectivity index (χ1n) is 7.62. The molecule has 1 aromatic carbocycles. The van der Waals surface area contributed by atoms with Gasteiger partial charge in [0.25, 0.3) is 0 Å². The summed E-state index contributed by atoms with van der Waals surface area (Å²) in [6.07, 6.45) is 5.62. The molecule has 0 saturated heterocycles.